The van der Waals surface area contributed by atoms with E-state index in [0.717, 1.165) is 54.9 Å². The molecule has 4 aliphatic rings. The number of anilines is 1. The van der Waals surface area contributed by atoms with Crippen LogP contribution in [0.2, 0.25) is 5.02 Å². The lowest BCUT2D eigenvalue weighted by atomic mass is 9.59. The van der Waals surface area contributed by atoms with E-state index < -0.39 is 17.7 Å². The van der Waals surface area contributed by atoms with Crippen LogP contribution in [0.1, 0.15) is 93.3 Å². The largest absolute Gasteiger partial charge is 0.493 e. The lowest BCUT2D eigenvalue weighted by Crippen LogP contribution is -2.53. The average molecular weight is 635 g/mol. The maximum atomic E-state index is 14.7. The molecule has 1 aliphatic heterocycles. The van der Waals surface area contributed by atoms with Gasteiger partial charge in [0.1, 0.15) is 17.5 Å². The first-order chi connectivity index (χ1) is 21.7. The summed E-state index contributed by atoms with van der Waals surface area (Å²) in [5, 5.41) is 14.4. The van der Waals surface area contributed by atoms with Gasteiger partial charge in [-0.15, -0.1) is 0 Å². The van der Waals surface area contributed by atoms with E-state index in [4.69, 9.17) is 25.8 Å². The molecule has 0 bridgehead atoms. The van der Waals surface area contributed by atoms with E-state index in [1.807, 2.05) is 18.2 Å². The highest BCUT2D eigenvalue weighted by Crippen LogP contribution is 2.58. The summed E-state index contributed by atoms with van der Waals surface area (Å²) >= 11 is 6.23. The summed E-state index contributed by atoms with van der Waals surface area (Å²) in [7, 11) is 0. The number of nitrogens with zero attached hydrogens (tertiary/aromatic N) is 1. The van der Waals surface area contributed by atoms with E-state index >= 15 is 0 Å². The first kappa shape index (κ1) is 30.2. The number of alkyl halides is 1. The summed E-state index contributed by atoms with van der Waals surface area (Å²) in [6.45, 7) is 5.06. The molecule has 1 spiro atoms. The SMILES string of the molecule is C[C@@H](COc1ccnc2c1[C@H](C)CC[C@H]2F)C[C@H]1Cc2cc3c(cc2C12CCC(Nc1cccc(Cl)c1)(C(=O)O)CC2)OCO3. The first-order valence-electron chi connectivity index (χ1n) is 16.1. The fraction of sp³-hybridized carbons (Fsp3) is 0.500. The second-order valence-electron chi connectivity index (χ2n) is 13.6. The quantitative estimate of drug-likeness (QED) is 0.257. The van der Waals surface area contributed by atoms with Gasteiger partial charge in [0, 0.05) is 22.5 Å². The molecule has 3 aliphatic carbocycles. The van der Waals surface area contributed by atoms with Gasteiger partial charge in [0.2, 0.25) is 6.79 Å². The van der Waals surface area contributed by atoms with Crippen molar-refractivity contribution in [1.29, 1.82) is 0 Å². The van der Waals surface area contributed by atoms with Crippen LogP contribution in [0.4, 0.5) is 10.1 Å². The molecule has 0 saturated heterocycles. The number of carboxylic acids is 1. The van der Waals surface area contributed by atoms with Crippen LogP contribution in [-0.2, 0) is 16.6 Å². The standard InChI is InChI=1S/C36H40ClFN2O5/c1-21(19-43-29-8-13-39-33-28(38)7-6-22(2)32(29)33)14-24-15-23-16-30-31(45-20-44-30)18-27(23)35(24)9-11-36(12-10-35,34(41)42)40-26-5-3-4-25(37)17-26/h3-5,8,13,16-18,21-22,24,28,40H,6-7,9-12,14-15,19-20H2,1-2H3,(H,41,42)/t21-,22-,24+,28-,35?,36?/m1/s1. The molecule has 1 saturated carbocycles. The Bertz CT molecular complexity index is 1610. The molecule has 7 nitrogen and oxygen atoms in total. The minimum absolute atomic E-state index is 0.189. The molecule has 2 heterocycles. The zero-order valence-electron chi connectivity index (χ0n) is 25.8. The Morgan fingerprint density at radius 2 is 1.93 bits per heavy atom. The Hall–Kier alpha value is -3.52. The zero-order chi connectivity index (χ0) is 31.3. The van der Waals surface area contributed by atoms with E-state index in [1.54, 1.807) is 18.3 Å². The number of benzene rings is 2. The fourth-order valence-electron chi connectivity index (χ4n) is 8.45. The smallest absolute Gasteiger partial charge is 0.329 e. The van der Waals surface area contributed by atoms with Crippen LogP contribution in [-0.4, -0.2) is 35.0 Å². The highest BCUT2D eigenvalue weighted by Gasteiger charge is 2.54. The van der Waals surface area contributed by atoms with Crippen molar-refractivity contribution >= 4 is 23.3 Å². The van der Waals surface area contributed by atoms with E-state index in [1.165, 1.54) is 11.1 Å². The summed E-state index contributed by atoms with van der Waals surface area (Å²) in [6.07, 6.45) is 6.13. The van der Waals surface area contributed by atoms with Gasteiger partial charge >= 0.3 is 5.97 Å². The van der Waals surface area contributed by atoms with E-state index in [2.05, 4.69) is 36.3 Å². The predicted octanol–water partition coefficient (Wildman–Crippen LogP) is 8.40. The van der Waals surface area contributed by atoms with Crippen LogP contribution in [0.15, 0.2) is 48.7 Å². The van der Waals surface area contributed by atoms with Gasteiger partial charge in [-0.05, 0) is 122 Å². The number of carboxylic acid groups (broad SMARTS) is 1. The molecule has 0 amide bonds. The third-order valence-electron chi connectivity index (χ3n) is 10.8. The van der Waals surface area contributed by atoms with Crippen molar-refractivity contribution in [2.75, 3.05) is 18.7 Å². The van der Waals surface area contributed by atoms with Crippen LogP contribution in [0.3, 0.4) is 0 Å². The Kier molecular flexibility index (Phi) is 7.83. The number of hydrogen-bond acceptors (Lipinski definition) is 6. The normalized spacial score (nSPS) is 28.8. The molecule has 7 rings (SSSR count). The summed E-state index contributed by atoms with van der Waals surface area (Å²) in [5.74, 6) is 2.18. The Balaban J connectivity index is 1.13. The highest BCUT2D eigenvalue weighted by molar-refractivity contribution is 6.30. The van der Waals surface area contributed by atoms with Gasteiger partial charge in [-0.2, -0.15) is 0 Å². The van der Waals surface area contributed by atoms with Gasteiger partial charge in [-0.1, -0.05) is 31.5 Å². The van der Waals surface area contributed by atoms with Crippen molar-refractivity contribution < 1.29 is 28.5 Å². The lowest BCUT2D eigenvalue weighted by molar-refractivity contribution is -0.144. The lowest BCUT2D eigenvalue weighted by Gasteiger charge is -2.47. The van der Waals surface area contributed by atoms with Gasteiger partial charge in [0.05, 0.1) is 12.3 Å². The van der Waals surface area contributed by atoms with Crippen molar-refractivity contribution in [3.05, 3.63) is 76.1 Å². The molecule has 0 unspecified atom stereocenters. The Morgan fingerprint density at radius 1 is 1.16 bits per heavy atom. The number of ether oxygens (including phenoxy) is 3. The third kappa shape index (κ3) is 5.39. The molecule has 3 aromatic rings. The summed E-state index contributed by atoms with van der Waals surface area (Å²) < 4.78 is 32.6. The van der Waals surface area contributed by atoms with Gasteiger partial charge in [0.25, 0.3) is 0 Å². The predicted molar refractivity (Wildman–Crippen MR) is 170 cm³/mol. The minimum atomic E-state index is -1.08. The van der Waals surface area contributed by atoms with Crippen molar-refractivity contribution in [3.63, 3.8) is 0 Å². The number of rotatable bonds is 8. The van der Waals surface area contributed by atoms with Gasteiger partial charge in [-0.25, -0.2) is 9.18 Å². The molecule has 238 valence electrons. The van der Waals surface area contributed by atoms with Crippen LogP contribution in [0.5, 0.6) is 17.2 Å². The minimum Gasteiger partial charge on any atom is -0.493 e. The van der Waals surface area contributed by atoms with Gasteiger partial charge < -0.3 is 24.6 Å². The summed E-state index contributed by atoms with van der Waals surface area (Å²) in [5.41, 5.74) is 3.39. The Labute approximate surface area is 268 Å². The third-order valence-corrected chi connectivity index (χ3v) is 11.1. The van der Waals surface area contributed by atoms with Crippen molar-refractivity contribution in [2.24, 2.45) is 11.8 Å². The number of nitrogens with one attached hydrogen (secondary N) is 1. The maximum absolute atomic E-state index is 14.7. The molecule has 4 atom stereocenters. The molecule has 2 N–H and O–H groups in total. The molecule has 45 heavy (non-hydrogen) atoms. The zero-order valence-corrected chi connectivity index (χ0v) is 26.5. The molecule has 1 fully saturated rings. The molecule has 1 aromatic heterocycles. The number of hydrogen-bond donors (Lipinski definition) is 2. The molecule has 0 radical (unpaired) electrons. The number of aromatic nitrogens is 1. The van der Waals surface area contributed by atoms with E-state index in [0.29, 0.717) is 48.2 Å². The van der Waals surface area contributed by atoms with Crippen LogP contribution >= 0.6 is 11.6 Å². The number of fused-ring (bicyclic) bond motifs is 4. The van der Waals surface area contributed by atoms with Crippen LogP contribution < -0.4 is 19.5 Å². The molecule has 2 aromatic carbocycles. The summed E-state index contributed by atoms with van der Waals surface area (Å²) in [4.78, 5) is 17.2. The monoisotopic (exact) mass is 634 g/mol. The second-order valence-corrected chi connectivity index (χ2v) is 14.1. The number of carbonyl (C=O) groups is 1. The summed E-state index contributed by atoms with van der Waals surface area (Å²) in [6, 6.07) is 13.4. The van der Waals surface area contributed by atoms with Gasteiger partial charge in [-0.3, -0.25) is 4.98 Å². The number of halogens is 2. The van der Waals surface area contributed by atoms with Crippen molar-refractivity contribution in [2.45, 2.75) is 88.3 Å². The molecular weight excluding hydrogens is 595 g/mol. The topological polar surface area (TPSA) is 89.9 Å². The van der Waals surface area contributed by atoms with E-state index in [9.17, 15) is 14.3 Å². The van der Waals surface area contributed by atoms with Crippen LogP contribution in [0.25, 0.3) is 0 Å². The Morgan fingerprint density at radius 3 is 2.69 bits per heavy atom. The average Bonchev–Trinajstić information content (AvgIpc) is 3.59. The maximum Gasteiger partial charge on any atom is 0.329 e. The van der Waals surface area contributed by atoms with Crippen molar-refractivity contribution in [3.8, 4) is 17.2 Å². The fourth-order valence-corrected chi connectivity index (χ4v) is 8.64. The first-order valence-corrected chi connectivity index (χ1v) is 16.5. The van der Waals surface area contributed by atoms with Crippen LogP contribution in [0, 0.1) is 11.8 Å². The number of aliphatic carboxylic acids is 1. The van der Waals surface area contributed by atoms with Crippen molar-refractivity contribution in [1.82, 2.24) is 4.98 Å². The number of pyridine rings is 1. The van der Waals surface area contributed by atoms with Gasteiger partial charge in [0.15, 0.2) is 11.5 Å². The second kappa shape index (κ2) is 11.7. The van der Waals surface area contributed by atoms with E-state index in [-0.39, 0.29) is 24.0 Å². The highest BCUT2D eigenvalue weighted by atomic mass is 35.5. The molecular formula is C36H40ClFN2O5. The molecule has 9 heteroatoms.